The van der Waals surface area contributed by atoms with Crippen LogP contribution in [0.5, 0.6) is 5.75 Å². The van der Waals surface area contributed by atoms with Gasteiger partial charge in [0.25, 0.3) is 0 Å². The largest absolute Gasteiger partial charge is 0.379 e. The fourth-order valence-electron chi connectivity index (χ4n) is 1.53. The summed E-state index contributed by atoms with van der Waals surface area (Å²) in [7, 11) is -3.68. The zero-order chi connectivity index (χ0) is 13.9. The standard InChI is InChI=1S/C13H10N2O3S/c1-19(16,17)18-13-8-7-11(15-12(13)9-14)10-5-3-2-4-6-10/h2-8H,1H3. The molecule has 1 heterocycles. The van der Waals surface area contributed by atoms with Gasteiger partial charge >= 0.3 is 10.1 Å². The van der Waals surface area contributed by atoms with Crippen molar-refractivity contribution in [2.45, 2.75) is 0 Å². The molecule has 2 rings (SSSR count). The maximum atomic E-state index is 11.1. The fourth-order valence-corrected chi connectivity index (χ4v) is 1.99. The van der Waals surface area contributed by atoms with Crippen LogP contribution in [0.25, 0.3) is 11.3 Å². The maximum absolute atomic E-state index is 11.1. The highest BCUT2D eigenvalue weighted by molar-refractivity contribution is 7.86. The van der Waals surface area contributed by atoms with E-state index in [2.05, 4.69) is 4.98 Å². The van der Waals surface area contributed by atoms with Gasteiger partial charge in [-0.25, -0.2) is 4.98 Å². The van der Waals surface area contributed by atoms with Crippen LogP contribution >= 0.6 is 0 Å². The Bertz CT molecular complexity index is 734. The molecule has 0 aliphatic carbocycles. The van der Waals surface area contributed by atoms with E-state index in [1.807, 2.05) is 36.4 Å². The monoisotopic (exact) mass is 274 g/mol. The minimum absolute atomic E-state index is 0.0632. The molecule has 19 heavy (non-hydrogen) atoms. The Balaban J connectivity index is 2.46. The average Bonchev–Trinajstić information content (AvgIpc) is 2.38. The number of rotatable bonds is 3. The van der Waals surface area contributed by atoms with Gasteiger partial charge in [-0.2, -0.15) is 13.7 Å². The van der Waals surface area contributed by atoms with Gasteiger partial charge in [0.05, 0.1) is 11.9 Å². The summed E-state index contributed by atoms with van der Waals surface area (Å²) in [6.45, 7) is 0. The molecule has 96 valence electrons. The van der Waals surface area contributed by atoms with Gasteiger partial charge < -0.3 is 4.18 Å². The molecule has 0 unspecified atom stereocenters. The van der Waals surface area contributed by atoms with Gasteiger partial charge in [0.15, 0.2) is 11.4 Å². The Morgan fingerprint density at radius 2 is 1.84 bits per heavy atom. The number of hydrogen-bond donors (Lipinski definition) is 0. The molecule has 0 amide bonds. The topological polar surface area (TPSA) is 80.1 Å². The number of benzene rings is 1. The zero-order valence-corrected chi connectivity index (χ0v) is 10.9. The molecule has 0 bridgehead atoms. The summed E-state index contributed by atoms with van der Waals surface area (Å²) in [5.74, 6) is -0.0651. The summed E-state index contributed by atoms with van der Waals surface area (Å²) in [6, 6.07) is 14.1. The van der Waals surface area contributed by atoms with Crippen LogP contribution in [0.2, 0.25) is 0 Å². The first-order valence-corrected chi connectivity index (χ1v) is 7.17. The van der Waals surface area contributed by atoms with E-state index in [0.29, 0.717) is 5.69 Å². The van der Waals surface area contributed by atoms with E-state index in [9.17, 15) is 8.42 Å². The first-order chi connectivity index (χ1) is 8.99. The van der Waals surface area contributed by atoms with Crippen LogP contribution in [0.3, 0.4) is 0 Å². The van der Waals surface area contributed by atoms with Gasteiger partial charge in [-0.1, -0.05) is 30.3 Å². The number of pyridine rings is 1. The molecular formula is C13H10N2O3S. The maximum Gasteiger partial charge on any atom is 0.306 e. The molecule has 5 nitrogen and oxygen atoms in total. The third-order valence-corrected chi connectivity index (χ3v) is 2.76. The molecule has 0 aliphatic heterocycles. The smallest absolute Gasteiger partial charge is 0.306 e. The van der Waals surface area contributed by atoms with Crippen LogP contribution < -0.4 is 4.18 Å². The number of nitrogens with zero attached hydrogens (tertiary/aromatic N) is 2. The van der Waals surface area contributed by atoms with Gasteiger partial charge in [0.2, 0.25) is 0 Å². The predicted molar refractivity (Wildman–Crippen MR) is 69.9 cm³/mol. The minimum atomic E-state index is -3.68. The first kappa shape index (κ1) is 13.1. The summed E-state index contributed by atoms with van der Waals surface area (Å²) >= 11 is 0. The second-order valence-corrected chi connectivity index (χ2v) is 5.38. The second kappa shape index (κ2) is 5.08. The van der Waals surface area contributed by atoms with Crippen LogP contribution in [-0.4, -0.2) is 19.7 Å². The molecule has 0 spiro atoms. The molecule has 0 fully saturated rings. The van der Waals surface area contributed by atoms with Crippen molar-refractivity contribution in [2.75, 3.05) is 6.26 Å². The van der Waals surface area contributed by atoms with Crippen molar-refractivity contribution in [3.8, 4) is 23.1 Å². The van der Waals surface area contributed by atoms with Gasteiger partial charge in [-0.05, 0) is 12.1 Å². The van der Waals surface area contributed by atoms with E-state index in [4.69, 9.17) is 9.44 Å². The Morgan fingerprint density at radius 3 is 2.42 bits per heavy atom. The van der Waals surface area contributed by atoms with Crippen LogP contribution in [0, 0.1) is 11.3 Å². The normalized spacial score (nSPS) is 10.7. The first-order valence-electron chi connectivity index (χ1n) is 5.35. The number of aromatic nitrogens is 1. The van der Waals surface area contributed by atoms with E-state index in [1.165, 1.54) is 6.07 Å². The molecule has 0 radical (unpaired) electrons. The fraction of sp³-hybridized carbons (Fsp3) is 0.0769. The molecular weight excluding hydrogens is 264 g/mol. The molecule has 1 aromatic heterocycles. The molecule has 0 saturated carbocycles. The Kier molecular flexibility index (Phi) is 3.49. The third-order valence-electron chi connectivity index (χ3n) is 2.27. The highest BCUT2D eigenvalue weighted by Crippen LogP contribution is 2.23. The molecule has 6 heteroatoms. The van der Waals surface area contributed by atoms with Crippen molar-refractivity contribution in [1.29, 1.82) is 5.26 Å². The van der Waals surface area contributed by atoms with Crippen LogP contribution in [0.4, 0.5) is 0 Å². The van der Waals surface area contributed by atoms with Gasteiger partial charge in [-0.15, -0.1) is 0 Å². The lowest BCUT2D eigenvalue weighted by atomic mass is 10.1. The summed E-state index contributed by atoms with van der Waals surface area (Å²) in [5.41, 5.74) is 1.36. The van der Waals surface area contributed by atoms with E-state index in [1.54, 1.807) is 6.07 Å². The van der Waals surface area contributed by atoms with Crippen molar-refractivity contribution >= 4 is 10.1 Å². The zero-order valence-electron chi connectivity index (χ0n) is 10.1. The lowest BCUT2D eigenvalue weighted by Crippen LogP contribution is -2.07. The Labute approximate surface area is 111 Å². The average molecular weight is 274 g/mol. The molecule has 0 aliphatic rings. The third kappa shape index (κ3) is 3.30. The predicted octanol–water partition coefficient (Wildman–Crippen LogP) is 1.96. The summed E-state index contributed by atoms with van der Waals surface area (Å²) < 4.78 is 26.8. The Hall–Kier alpha value is -2.39. The molecule has 0 atom stereocenters. The van der Waals surface area contributed by atoms with E-state index in [0.717, 1.165) is 11.8 Å². The van der Waals surface area contributed by atoms with Crippen LogP contribution in [-0.2, 0) is 10.1 Å². The highest BCUT2D eigenvalue weighted by Gasteiger charge is 2.12. The van der Waals surface area contributed by atoms with Gasteiger partial charge in [0, 0.05) is 5.56 Å². The molecule has 0 saturated heterocycles. The Morgan fingerprint density at radius 1 is 1.16 bits per heavy atom. The van der Waals surface area contributed by atoms with Crippen LogP contribution in [0.15, 0.2) is 42.5 Å². The summed E-state index contributed by atoms with van der Waals surface area (Å²) in [6.07, 6.45) is 0.916. The summed E-state index contributed by atoms with van der Waals surface area (Å²) in [5, 5.41) is 9.00. The molecule has 2 aromatic rings. The van der Waals surface area contributed by atoms with Crippen molar-refractivity contribution in [3.05, 3.63) is 48.2 Å². The van der Waals surface area contributed by atoms with Crippen molar-refractivity contribution < 1.29 is 12.6 Å². The molecule has 0 N–H and O–H groups in total. The van der Waals surface area contributed by atoms with Crippen LogP contribution in [0.1, 0.15) is 5.69 Å². The lowest BCUT2D eigenvalue weighted by Gasteiger charge is -2.06. The molecule has 1 aromatic carbocycles. The second-order valence-electron chi connectivity index (χ2n) is 3.81. The quantitative estimate of drug-likeness (QED) is 0.799. The highest BCUT2D eigenvalue weighted by atomic mass is 32.2. The van der Waals surface area contributed by atoms with Crippen molar-refractivity contribution in [2.24, 2.45) is 0 Å². The van der Waals surface area contributed by atoms with Gasteiger partial charge in [-0.3, -0.25) is 0 Å². The van der Waals surface area contributed by atoms with Gasteiger partial charge in [0.1, 0.15) is 6.07 Å². The summed E-state index contributed by atoms with van der Waals surface area (Å²) in [4.78, 5) is 4.10. The van der Waals surface area contributed by atoms with E-state index >= 15 is 0 Å². The number of hydrogen-bond acceptors (Lipinski definition) is 5. The minimum Gasteiger partial charge on any atom is -0.379 e. The SMILES string of the molecule is CS(=O)(=O)Oc1ccc(-c2ccccc2)nc1C#N. The number of nitriles is 1. The lowest BCUT2D eigenvalue weighted by molar-refractivity contribution is 0.491. The van der Waals surface area contributed by atoms with E-state index in [-0.39, 0.29) is 11.4 Å². The van der Waals surface area contributed by atoms with Crippen molar-refractivity contribution in [1.82, 2.24) is 4.98 Å². The van der Waals surface area contributed by atoms with Crippen molar-refractivity contribution in [3.63, 3.8) is 0 Å². The van der Waals surface area contributed by atoms with E-state index < -0.39 is 10.1 Å².